The van der Waals surface area contributed by atoms with Gasteiger partial charge in [0.15, 0.2) is 23.1 Å². The zero-order valence-corrected chi connectivity index (χ0v) is 13.7. The van der Waals surface area contributed by atoms with Gasteiger partial charge < -0.3 is 19.4 Å². The van der Waals surface area contributed by atoms with Crippen LogP contribution < -0.4 is 14.8 Å². The molecule has 6 nitrogen and oxygen atoms in total. The third-order valence-corrected chi connectivity index (χ3v) is 4.01. The Morgan fingerprint density at radius 3 is 2.73 bits per heavy atom. The van der Waals surface area contributed by atoms with Crippen LogP contribution >= 0.6 is 0 Å². The summed E-state index contributed by atoms with van der Waals surface area (Å²) in [4.78, 5) is 16.3. The van der Waals surface area contributed by atoms with E-state index in [-0.39, 0.29) is 18.0 Å². The number of amides is 1. The second-order valence-corrected chi connectivity index (χ2v) is 5.89. The molecule has 2 aromatic carbocycles. The van der Waals surface area contributed by atoms with Gasteiger partial charge in [-0.2, -0.15) is 0 Å². The summed E-state index contributed by atoms with van der Waals surface area (Å²) in [5.74, 6) is -1.07. The molecule has 0 saturated heterocycles. The first-order chi connectivity index (χ1) is 12.6. The third kappa shape index (κ3) is 3.17. The first-order valence-corrected chi connectivity index (χ1v) is 8.09. The monoisotopic (exact) mass is 359 g/mol. The van der Waals surface area contributed by atoms with Crippen molar-refractivity contribution >= 4 is 22.6 Å². The molecular weight excluding hydrogens is 344 g/mol. The first kappa shape index (κ1) is 16.3. The van der Waals surface area contributed by atoms with Crippen LogP contribution in [0.5, 0.6) is 11.5 Å². The molecule has 1 N–H and O–H groups in total. The SMILES string of the molecule is O=C(Cn1cnc2cc(F)c(F)cc21)Nc1ccc2c(c1)OCCCO2. The van der Waals surface area contributed by atoms with Gasteiger partial charge in [0.2, 0.25) is 5.91 Å². The lowest BCUT2D eigenvalue weighted by Gasteiger charge is -2.11. The summed E-state index contributed by atoms with van der Waals surface area (Å²) in [7, 11) is 0. The topological polar surface area (TPSA) is 65.4 Å². The number of fused-ring (bicyclic) bond motifs is 2. The third-order valence-electron chi connectivity index (χ3n) is 4.01. The standard InChI is InChI=1S/C18H15F2N3O3/c19-12-7-14-15(8-13(12)20)23(10-21-14)9-18(24)22-11-2-3-16-17(6-11)26-5-1-4-25-16/h2-3,6-8,10H,1,4-5,9H2,(H,22,24). The van der Waals surface area contributed by atoms with Crippen LogP contribution in [-0.2, 0) is 11.3 Å². The summed E-state index contributed by atoms with van der Waals surface area (Å²) in [5.41, 5.74) is 1.19. The number of halogens is 2. The summed E-state index contributed by atoms with van der Waals surface area (Å²) in [5, 5.41) is 2.75. The predicted octanol–water partition coefficient (Wildman–Crippen LogP) is 3.11. The highest BCUT2D eigenvalue weighted by atomic mass is 19.2. The number of imidazole rings is 1. The second kappa shape index (κ2) is 6.62. The zero-order valence-electron chi connectivity index (χ0n) is 13.7. The molecule has 0 bridgehead atoms. The van der Waals surface area contributed by atoms with E-state index < -0.39 is 11.6 Å². The highest BCUT2D eigenvalue weighted by molar-refractivity contribution is 5.92. The summed E-state index contributed by atoms with van der Waals surface area (Å²) in [6.07, 6.45) is 2.17. The molecule has 26 heavy (non-hydrogen) atoms. The van der Waals surface area contributed by atoms with Crippen molar-refractivity contribution in [2.24, 2.45) is 0 Å². The molecule has 3 aromatic rings. The predicted molar refractivity (Wildman–Crippen MR) is 90.3 cm³/mol. The van der Waals surface area contributed by atoms with E-state index in [1.807, 2.05) is 0 Å². The molecule has 1 aromatic heterocycles. The number of aromatic nitrogens is 2. The Hall–Kier alpha value is -3.16. The minimum absolute atomic E-state index is 0.0873. The molecule has 0 aliphatic carbocycles. The van der Waals surface area contributed by atoms with Crippen molar-refractivity contribution in [3.63, 3.8) is 0 Å². The van der Waals surface area contributed by atoms with Crippen LogP contribution in [0.3, 0.4) is 0 Å². The van der Waals surface area contributed by atoms with Crippen LogP contribution in [-0.4, -0.2) is 28.7 Å². The summed E-state index contributed by atoms with van der Waals surface area (Å²) < 4.78 is 39.3. The fourth-order valence-corrected chi connectivity index (χ4v) is 2.78. The minimum Gasteiger partial charge on any atom is -0.490 e. The Bertz CT molecular complexity index is 987. The maximum absolute atomic E-state index is 13.4. The van der Waals surface area contributed by atoms with Crippen molar-refractivity contribution in [3.05, 3.63) is 48.3 Å². The van der Waals surface area contributed by atoms with Crippen LogP contribution in [0.25, 0.3) is 11.0 Å². The summed E-state index contributed by atoms with van der Waals surface area (Å²) in [6, 6.07) is 7.18. The van der Waals surface area contributed by atoms with Crippen molar-refractivity contribution < 1.29 is 23.0 Å². The Morgan fingerprint density at radius 2 is 1.88 bits per heavy atom. The molecule has 1 amide bonds. The van der Waals surface area contributed by atoms with Gasteiger partial charge >= 0.3 is 0 Å². The van der Waals surface area contributed by atoms with Crippen molar-refractivity contribution in [2.45, 2.75) is 13.0 Å². The van der Waals surface area contributed by atoms with Crippen molar-refractivity contribution in [1.29, 1.82) is 0 Å². The molecule has 0 spiro atoms. The number of carbonyl (C=O) groups excluding carboxylic acids is 1. The zero-order chi connectivity index (χ0) is 18.1. The average molecular weight is 359 g/mol. The van der Waals surface area contributed by atoms with Crippen LogP contribution in [0.15, 0.2) is 36.7 Å². The second-order valence-electron chi connectivity index (χ2n) is 5.89. The quantitative estimate of drug-likeness (QED) is 0.780. The molecule has 0 fully saturated rings. The van der Waals surface area contributed by atoms with Gasteiger partial charge in [0.05, 0.1) is 30.6 Å². The molecule has 0 atom stereocenters. The van der Waals surface area contributed by atoms with E-state index in [0.717, 1.165) is 18.6 Å². The van der Waals surface area contributed by atoms with Crippen LogP contribution in [0.2, 0.25) is 0 Å². The van der Waals surface area contributed by atoms with Gasteiger partial charge in [0.1, 0.15) is 6.54 Å². The Labute approximate surface area is 147 Å². The fourth-order valence-electron chi connectivity index (χ4n) is 2.78. The highest BCUT2D eigenvalue weighted by Gasteiger charge is 2.14. The first-order valence-electron chi connectivity index (χ1n) is 8.09. The molecule has 1 aliphatic rings. The molecule has 8 heteroatoms. The van der Waals surface area contributed by atoms with E-state index in [1.165, 1.54) is 10.9 Å². The molecule has 0 saturated carbocycles. The Balaban J connectivity index is 1.51. The van der Waals surface area contributed by atoms with Crippen LogP contribution in [0, 0.1) is 11.6 Å². The number of nitrogens with one attached hydrogen (secondary N) is 1. The number of anilines is 1. The highest BCUT2D eigenvalue weighted by Crippen LogP contribution is 2.32. The number of benzene rings is 2. The van der Waals surface area contributed by atoms with Gasteiger partial charge in [-0.3, -0.25) is 4.79 Å². The maximum atomic E-state index is 13.4. The van der Waals surface area contributed by atoms with Gasteiger partial charge in [0.25, 0.3) is 0 Å². The van der Waals surface area contributed by atoms with Crippen molar-refractivity contribution in [2.75, 3.05) is 18.5 Å². The van der Waals surface area contributed by atoms with Gasteiger partial charge in [-0.15, -0.1) is 0 Å². The Kier molecular flexibility index (Phi) is 4.16. The maximum Gasteiger partial charge on any atom is 0.244 e. The largest absolute Gasteiger partial charge is 0.490 e. The number of carbonyl (C=O) groups is 1. The molecule has 4 rings (SSSR count). The van der Waals surface area contributed by atoms with Crippen LogP contribution in [0.4, 0.5) is 14.5 Å². The number of nitrogens with zero attached hydrogens (tertiary/aromatic N) is 2. The van der Waals surface area contributed by atoms with E-state index >= 15 is 0 Å². The minimum atomic E-state index is -0.984. The van der Waals surface area contributed by atoms with Crippen molar-refractivity contribution in [1.82, 2.24) is 9.55 Å². The molecular formula is C18H15F2N3O3. The van der Waals surface area contributed by atoms with Gasteiger partial charge in [-0.1, -0.05) is 0 Å². The lowest BCUT2D eigenvalue weighted by Crippen LogP contribution is -2.18. The smallest absolute Gasteiger partial charge is 0.244 e. The summed E-state index contributed by atoms with van der Waals surface area (Å²) >= 11 is 0. The molecule has 2 heterocycles. The number of ether oxygens (including phenoxy) is 2. The van der Waals surface area contributed by atoms with Gasteiger partial charge in [-0.25, -0.2) is 13.8 Å². The number of rotatable bonds is 3. The van der Waals surface area contributed by atoms with E-state index in [2.05, 4.69) is 10.3 Å². The molecule has 1 aliphatic heterocycles. The fraction of sp³-hybridized carbons (Fsp3) is 0.222. The molecule has 0 unspecified atom stereocenters. The average Bonchev–Trinajstić information content (AvgIpc) is 2.84. The lowest BCUT2D eigenvalue weighted by atomic mass is 10.2. The van der Waals surface area contributed by atoms with E-state index in [9.17, 15) is 13.6 Å². The van der Waals surface area contributed by atoms with Gasteiger partial charge in [-0.05, 0) is 12.1 Å². The Morgan fingerprint density at radius 1 is 1.12 bits per heavy atom. The van der Waals surface area contributed by atoms with Gasteiger partial charge in [0, 0.05) is 30.3 Å². The summed E-state index contributed by atoms with van der Waals surface area (Å²) in [6.45, 7) is 1.05. The number of hydrogen-bond donors (Lipinski definition) is 1. The number of hydrogen-bond acceptors (Lipinski definition) is 4. The van der Waals surface area contributed by atoms with Crippen LogP contribution in [0.1, 0.15) is 6.42 Å². The van der Waals surface area contributed by atoms with E-state index in [1.54, 1.807) is 18.2 Å². The van der Waals surface area contributed by atoms with E-state index in [0.29, 0.717) is 35.9 Å². The molecule has 0 radical (unpaired) electrons. The lowest BCUT2D eigenvalue weighted by molar-refractivity contribution is -0.116. The van der Waals surface area contributed by atoms with E-state index in [4.69, 9.17) is 9.47 Å². The van der Waals surface area contributed by atoms with Crippen molar-refractivity contribution in [3.8, 4) is 11.5 Å². The molecule has 134 valence electrons. The normalized spacial score (nSPS) is 13.5.